The second-order valence-electron chi connectivity index (χ2n) is 3.38. The van der Waals surface area contributed by atoms with Crippen LogP contribution in [0.25, 0.3) is 0 Å². The zero-order chi connectivity index (χ0) is 13.2. The third kappa shape index (κ3) is 1.26. The van der Waals surface area contributed by atoms with Crippen molar-refractivity contribution in [2.75, 3.05) is 0 Å². The first kappa shape index (κ1) is 13.2. The molecule has 0 aromatic rings. The van der Waals surface area contributed by atoms with Crippen LogP contribution in [-0.4, -0.2) is 18.3 Å². The van der Waals surface area contributed by atoms with E-state index < -0.39 is 35.1 Å². The summed E-state index contributed by atoms with van der Waals surface area (Å²) in [4.78, 5) is 0. The summed E-state index contributed by atoms with van der Waals surface area (Å²) in [6.07, 6.45) is -11.7. The normalized spacial score (nSPS) is 30.4. The van der Waals surface area contributed by atoms with Gasteiger partial charge in [0.1, 0.15) is 0 Å². The SMILES string of the molecule is CC1(C(F)(F)F)C(C(F)(F)F)=C(F)C1(F)F. The highest BCUT2D eigenvalue weighted by Crippen LogP contribution is 2.68. The second kappa shape index (κ2) is 2.86. The Morgan fingerprint density at radius 3 is 1.50 bits per heavy atom. The van der Waals surface area contributed by atoms with Gasteiger partial charge in [-0.1, -0.05) is 0 Å². The summed E-state index contributed by atoms with van der Waals surface area (Å²) in [6.45, 7) is -0.376. The summed E-state index contributed by atoms with van der Waals surface area (Å²) in [5.74, 6) is -8.25. The Morgan fingerprint density at radius 2 is 1.31 bits per heavy atom. The van der Waals surface area contributed by atoms with Crippen molar-refractivity contribution in [3.63, 3.8) is 0 Å². The molecule has 0 N–H and O–H groups in total. The van der Waals surface area contributed by atoms with Crippen molar-refractivity contribution in [3.8, 4) is 0 Å². The van der Waals surface area contributed by atoms with Gasteiger partial charge in [0.2, 0.25) is 0 Å². The maximum atomic E-state index is 12.6. The lowest BCUT2D eigenvalue weighted by Crippen LogP contribution is -2.62. The summed E-state index contributed by atoms with van der Waals surface area (Å²) >= 11 is 0. The smallest absolute Gasteiger partial charge is 0.205 e. The van der Waals surface area contributed by atoms with E-state index in [0.717, 1.165) is 0 Å². The maximum Gasteiger partial charge on any atom is 0.416 e. The van der Waals surface area contributed by atoms with Gasteiger partial charge in [0.25, 0.3) is 0 Å². The minimum absolute atomic E-state index is 0.376. The molecule has 9 heteroatoms. The quantitative estimate of drug-likeness (QED) is 0.576. The molecule has 0 radical (unpaired) electrons. The fraction of sp³-hybridized carbons (Fsp3) is 0.714. The second-order valence-corrected chi connectivity index (χ2v) is 3.38. The van der Waals surface area contributed by atoms with Crippen LogP contribution in [0.5, 0.6) is 0 Å². The van der Waals surface area contributed by atoms with E-state index >= 15 is 0 Å². The summed E-state index contributed by atoms with van der Waals surface area (Å²) < 4.78 is 110. The third-order valence-corrected chi connectivity index (χ3v) is 2.47. The fourth-order valence-corrected chi connectivity index (χ4v) is 1.42. The van der Waals surface area contributed by atoms with Gasteiger partial charge < -0.3 is 0 Å². The van der Waals surface area contributed by atoms with E-state index in [-0.39, 0.29) is 6.92 Å². The van der Waals surface area contributed by atoms with Gasteiger partial charge in [-0.25, -0.2) is 4.39 Å². The minimum Gasteiger partial charge on any atom is -0.205 e. The van der Waals surface area contributed by atoms with Crippen molar-refractivity contribution in [2.24, 2.45) is 5.41 Å². The molecule has 1 rings (SSSR count). The van der Waals surface area contributed by atoms with E-state index in [1.807, 2.05) is 0 Å². The van der Waals surface area contributed by atoms with Crippen molar-refractivity contribution in [3.05, 3.63) is 11.4 Å². The lowest BCUT2D eigenvalue weighted by Gasteiger charge is -2.47. The molecule has 1 aliphatic carbocycles. The van der Waals surface area contributed by atoms with Crippen LogP contribution in [0.1, 0.15) is 6.92 Å². The number of alkyl halides is 8. The Bertz CT molecular complexity index is 344. The number of hydrogen-bond donors (Lipinski definition) is 0. The predicted molar refractivity (Wildman–Crippen MR) is 33.3 cm³/mol. The van der Waals surface area contributed by atoms with E-state index in [1.54, 1.807) is 0 Å². The molecule has 0 saturated heterocycles. The molecule has 0 aliphatic heterocycles. The summed E-state index contributed by atoms with van der Waals surface area (Å²) in [7, 11) is 0. The number of allylic oxidation sites excluding steroid dienone is 2. The molecule has 0 fully saturated rings. The van der Waals surface area contributed by atoms with Crippen LogP contribution >= 0.6 is 0 Å². The molecular weight excluding hydrogens is 255 g/mol. The molecule has 0 nitrogen and oxygen atoms in total. The van der Waals surface area contributed by atoms with E-state index in [9.17, 15) is 39.5 Å². The largest absolute Gasteiger partial charge is 0.416 e. The highest BCUT2D eigenvalue weighted by molar-refractivity contribution is 5.44. The van der Waals surface area contributed by atoms with E-state index in [0.29, 0.717) is 0 Å². The first-order chi connectivity index (χ1) is 6.78. The molecule has 94 valence electrons. The lowest BCUT2D eigenvalue weighted by molar-refractivity contribution is -0.308. The molecule has 0 aromatic carbocycles. The van der Waals surface area contributed by atoms with Gasteiger partial charge in [-0.15, -0.1) is 0 Å². The van der Waals surface area contributed by atoms with Crippen LogP contribution < -0.4 is 0 Å². The van der Waals surface area contributed by atoms with Crippen molar-refractivity contribution in [2.45, 2.75) is 25.2 Å². The first-order valence-electron chi connectivity index (χ1n) is 3.70. The van der Waals surface area contributed by atoms with Crippen molar-refractivity contribution in [1.82, 2.24) is 0 Å². The highest BCUT2D eigenvalue weighted by atomic mass is 19.4. The molecule has 0 aromatic heterocycles. The molecular formula is C7H3F9. The Balaban J connectivity index is 3.45. The van der Waals surface area contributed by atoms with Gasteiger partial charge in [0.05, 0.1) is 5.57 Å². The van der Waals surface area contributed by atoms with Crippen LogP contribution in [-0.2, 0) is 0 Å². The summed E-state index contributed by atoms with van der Waals surface area (Å²) in [5.41, 5.74) is -7.39. The van der Waals surface area contributed by atoms with Crippen LogP contribution in [0.3, 0.4) is 0 Å². The molecule has 0 heterocycles. The Morgan fingerprint density at radius 1 is 0.938 bits per heavy atom. The van der Waals surface area contributed by atoms with Gasteiger partial charge in [-0.05, 0) is 6.92 Å². The van der Waals surface area contributed by atoms with Crippen molar-refractivity contribution >= 4 is 0 Å². The molecule has 0 spiro atoms. The monoisotopic (exact) mass is 258 g/mol. The van der Waals surface area contributed by atoms with Crippen molar-refractivity contribution < 1.29 is 39.5 Å². The Labute approximate surface area is 82.7 Å². The van der Waals surface area contributed by atoms with Crippen molar-refractivity contribution in [1.29, 1.82) is 0 Å². The number of halogens is 9. The molecule has 16 heavy (non-hydrogen) atoms. The van der Waals surface area contributed by atoms with E-state index in [1.165, 1.54) is 0 Å². The number of rotatable bonds is 0. The third-order valence-electron chi connectivity index (χ3n) is 2.47. The maximum absolute atomic E-state index is 12.6. The van der Waals surface area contributed by atoms with Gasteiger partial charge in [-0.3, -0.25) is 0 Å². The molecule has 0 saturated carbocycles. The predicted octanol–water partition coefficient (Wildman–Crippen LogP) is 3.99. The van der Waals surface area contributed by atoms with Crippen LogP contribution in [0, 0.1) is 5.41 Å². The molecule has 1 aliphatic rings. The fourth-order valence-electron chi connectivity index (χ4n) is 1.42. The van der Waals surface area contributed by atoms with E-state index in [4.69, 9.17) is 0 Å². The average molecular weight is 258 g/mol. The molecule has 1 unspecified atom stereocenters. The zero-order valence-corrected chi connectivity index (χ0v) is 7.40. The topological polar surface area (TPSA) is 0 Å². The standard InChI is InChI=1S/C7H3F9/c1-4(7(14,15)16)2(6(11,12)13)3(8)5(4,9)10/h1H3. The number of hydrogen-bond acceptors (Lipinski definition) is 0. The first-order valence-corrected chi connectivity index (χ1v) is 3.70. The highest BCUT2D eigenvalue weighted by Gasteiger charge is 2.82. The van der Waals surface area contributed by atoms with Gasteiger partial charge in [-0.2, -0.15) is 35.1 Å². The van der Waals surface area contributed by atoms with Crippen LogP contribution in [0.4, 0.5) is 39.5 Å². The van der Waals surface area contributed by atoms with E-state index in [2.05, 4.69) is 0 Å². The zero-order valence-electron chi connectivity index (χ0n) is 7.40. The van der Waals surface area contributed by atoms with Crippen LogP contribution in [0.2, 0.25) is 0 Å². The molecule has 1 atom stereocenters. The molecule has 0 bridgehead atoms. The Hall–Kier alpha value is -0.890. The summed E-state index contributed by atoms with van der Waals surface area (Å²) in [5, 5.41) is 0. The lowest BCUT2D eigenvalue weighted by atomic mass is 9.64. The van der Waals surface area contributed by atoms with Crippen LogP contribution in [0.15, 0.2) is 11.4 Å². The average Bonchev–Trinajstić information content (AvgIpc) is 1.99. The van der Waals surface area contributed by atoms with Gasteiger partial charge in [0, 0.05) is 0 Å². The van der Waals surface area contributed by atoms with Gasteiger partial charge in [0.15, 0.2) is 11.2 Å². The minimum atomic E-state index is -5.89. The van der Waals surface area contributed by atoms with Gasteiger partial charge >= 0.3 is 18.3 Å². The molecule has 0 amide bonds. The summed E-state index contributed by atoms with van der Waals surface area (Å²) in [6, 6.07) is 0. The Kier molecular flexibility index (Phi) is 2.36.